The summed E-state index contributed by atoms with van der Waals surface area (Å²) in [6.07, 6.45) is 0. The quantitative estimate of drug-likeness (QED) is 0.724. The molecule has 0 amide bonds. The maximum Gasteiger partial charge on any atom is 0.346 e. The van der Waals surface area contributed by atoms with Gasteiger partial charge in [0.15, 0.2) is 11.5 Å². The minimum Gasteiger partial charge on any atom is -0.486 e. The van der Waals surface area contributed by atoms with Crippen molar-refractivity contribution in [3.63, 3.8) is 0 Å². The highest BCUT2D eigenvalue weighted by atomic mass is 32.1. The normalized spacial score (nSPS) is 15.5. The molecule has 2 heterocycles. The highest BCUT2D eigenvalue weighted by molar-refractivity contribution is 7.52. The molecule has 0 bridgehead atoms. The molecule has 0 radical (unpaired) electrons. The van der Waals surface area contributed by atoms with E-state index in [-0.39, 0.29) is 0 Å². The third-order valence-electron chi connectivity index (χ3n) is 3.30. The summed E-state index contributed by atoms with van der Waals surface area (Å²) in [6.45, 7) is 1.36. The van der Waals surface area contributed by atoms with Crippen LogP contribution >= 0.6 is 18.9 Å². The van der Waals surface area contributed by atoms with E-state index in [0.29, 0.717) is 36.8 Å². The molecule has 0 spiro atoms. The molecule has 1 atom stereocenters. The van der Waals surface area contributed by atoms with Crippen molar-refractivity contribution in [2.24, 2.45) is 0 Å². The molecule has 1 aliphatic heterocycles. The second-order valence-electron chi connectivity index (χ2n) is 4.91. The van der Waals surface area contributed by atoms with Gasteiger partial charge in [-0.25, -0.2) is 0 Å². The summed E-state index contributed by atoms with van der Waals surface area (Å²) in [5.41, 5.74) is 1.47. The predicted octanol–water partition coefficient (Wildman–Crippen LogP) is 2.49. The molecular weight excluding hydrogens is 325 g/mol. The molecule has 1 aromatic heterocycles. The molecule has 6 nitrogen and oxygen atoms in total. The lowest BCUT2D eigenvalue weighted by Gasteiger charge is -2.21. The summed E-state index contributed by atoms with van der Waals surface area (Å²) in [7, 11) is -4.28. The molecule has 2 aromatic rings. The number of benzene rings is 1. The van der Waals surface area contributed by atoms with Gasteiger partial charge in [0.1, 0.15) is 19.0 Å². The van der Waals surface area contributed by atoms with Crippen LogP contribution in [0.15, 0.2) is 35.0 Å². The molecule has 0 fully saturated rings. The third-order valence-corrected chi connectivity index (χ3v) is 5.16. The molecular formula is C14H16NO5PS. The van der Waals surface area contributed by atoms with Gasteiger partial charge in [-0.05, 0) is 40.1 Å². The fourth-order valence-electron chi connectivity index (χ4n) is 2.27. The maximum absolute atomic E-state index is 11.7. The molecule has 0 aliphatic carbocycles. The van der Waals surface area contributed by atoms with Gasteiger partial charge in [-0.2, -0.15) is 11.3 Å². The number of fused-ring (bicyclic) bond motifs is 1. The fourth-order valence-corrected chi connectivity index (χ4v) is 3.94. The second kappa shape index (κ2) is 6.40. The summed E-state index contributed by atoms with van der Waals surface area (Å²) < 4.78 is 22.6. The Morgan fingerprint density at radius 3 is 2.68 bits per heavy atom. The Kier molecular flexibility index (Phi) is 4.52. The maximum atomic E-state index is 11.7. The molecule has 3 rings (SSSR count). The summed E-state index contributed by atoms with van der Waals surface area (Å²) in [6, 6.07) is 7.20. The van der Waals surface area contributed by atoms with E-state index >= 15 is 0 Å². The Balaban J connectivity index is 1.74. The van der Waals surface area contributed by atoms with Crippen molar-refractivity contribution in [1.82, 2.24) is 5.32 Å². The van der Waals surface area contributed by atoms with Gasteiger partial charge in [-0.3, -0.25) is 9.88 Å². The zero-order valence-corrected chi connectivity index (χ0v) is 13.3. The van der Waals surface area contributed by atoms with E-state index < -0.39 is 13.4 Å². The lowest BCUT2D eigenvalue weighted by atomic mass is 10.2. The van der Waals surface area contributed by atoms with Gasteiger partial charge >= 0.3 is 7.60 Å². The van der Waals surface area contributed by atoms with Crippen molar-refractivity contribution in [2.45, 2.75) is 12.3 Å². The molecule has 8 heteroatoms. The molecule has 1 aromatic carbocycles. The van der Waals surface area contributed by atoms with E-state index in [1.807, 2.05) is 18.2 Å². The zero-order valence-electron chi connectivity index (χ0n) is 11.6. The van der Waals surface area contributed by atoms with Crippen molar-refractivity contribution in [1.29, 1.82) is 0 Å². The highest BCUT2D eigenvalue weighted by Gasteiger charge is 2.30. The summed E-state index contributed by atoms with van der Waals surface area (Å²) in [5, 5.41) is 6.46. The molecule has 3 N–H and O–H groups in total. The Morgan fingerprint density at radius 2 is 2.00 bits per heavy atom. The average molecular weight is 341 g/mol. The first-order chi connectivity index (χ1) is 10.5. The highest BCUT2D eigenvalue weighted by Crippen LogP contribution is 2.50. The molecule has 1 aliphatic rings. The van der Waals surface area contributed by atoms with Crippen LogP contribution in [-0.2, 0) is 11.1 Å². The van der Waals surface area contributed by atoms with Crippen molar-refractivity contribution in [2.75, 3.05) is 13.2 Å². The van der Waals surface area contributed by atoms with Crippen LogP contribution in [0.3, 0.4) is 0 Å². The van der Waals surface area contributed by atoms with Crippen LogP contribution in [-0.4, -0.2) is 23.0 Å². The average Bonchev–Trinajstić information content (AvgIpc) is 3.00. The lowest BCUT2D eigenvalue weighted by molar-refractivity contribution is 0.171. The van der Waals surface area contributed by atoms with Crippen LogP contribution < -0.4 is 14.8 Å². The van der Waals surface area contributed by atoms with E-state index in [1.165, 1.54) is 11.3 Å². The standard InChI is InChI=1S/C14H16NO5PS/c16-21(17,18)14(11-3-6-22-9-11)15-8-10-1-2-12-13(7-10)20-5-4-19-12/h1-3,6-7,9,14-15H,4-5,8H2,(H2,16,17,18)/t14-/m0/s1. The van der Waals surface area contributed by atoms with Crippen molar-refractivity contribution < 1.29 is 23.8 Å². The van der Waals surface area contributed by atoms with Gasteiger partial charge in [-0.15, -0.1) is 0 Å². The van der Waals surface area contributed by atoms with Gasteiger partial charge in [0.2, 0.25) is 0 Å². The Morgan fingerprint density at radius 1 is 1.23 bits per heavy atom. The van der Waals surface area contributed by atoms with E-state index in [1.54, 1.807) is 16.8 Å². The first-order valence-corrected chi connectivity index (χ1v) is 9.36. The molecule has 118 valence electrons. The number of thiophene rings is 1. The number of hydrogen-bond acceptors (Lipinski definition) is 5. The van der Waals surface area contributed by atoms with Gasteiger partial charge in [0.05, 0.1) is 0 Å². The van der Waals surface area contributed by atoms with Crippen molar-refractivity contribution in [3.8, 4) is 11.5 Å². The van der Waals surface area contributed by atoms with Crippen LogP contribution in [0.4, 0.5) is 0 Å². The third kappa shape index (κ3) is 3.51. The van der Waals surface area contributed by atoms with Crippen LogP contribution in [0.25, 0.3) is 0 Å². The minimum atomic E-state index is -4.28. The predicted molar refractivity (Wildman–Crippen MR) is 83.4 cm³/mol. The molecule has 22 heavy (non-hydrogen) atoms. The largest absolute Gasteiger partial charge is 0.486 e. The SMILES string of the molecule is O=P(O)(O)[C@H](NCc1ccc2c(c1)OCCO2)c1ccsc1. The monoisotopic (exact) mass is 341 g/mol. The van der Waals surface area contributed by atoms with Gasteiger partial charge in [0.25, 0.3) is 0 Å². The van der Waals surface area contributed by atoms with Gasteiger partial charge in [-0.1, -0.05) is 6.07 Å². The number of nitrogens with one attached hydrogen (secondary N) is 1. The molecule has 0 saturated carbocycles. The Labute approximate surface area is 131 Å². The number of rotatable bonds is 5. The second-order valence-corrected chi connectivity index (χ2v) is 7.38. The van der Waals surface area contributed by atoms with Gasteiger partial charge < -0.3 is 19.3 Å². The summed E-state index contributed by atoms with van der Waals surface area (Å²) in [4.78, 5) is 19.1. The number of ether oxygens (including phenoxy) is 2. The minimum absolute atomic E-state index is 0.322. The number of hydrogen-bond donors (Lipinski definition) is 3. The van der Waals surface area contributed by atoms with Crippen LogP contribution in [0.5, 0.6) is 11.5 Å². The van der Waals surface area contributed by atoms with Gasteiger partial charge in [0, 0.05) is 6.54 Å². The summed E-state index contributed by atoms with van der Waals surface area (Å²) >= 11 is 1.40. The first kappa shape index (κ1) is 15.5. The van der Waals surface area contributed by atoms with Crippen molar-refractivity contribution in [3.05, 3.63) is 46.2 Å². The topological polar surface area (TPSA) is 88.0 Å². The lowest BCUT2D eigenvalue weighted by Crippen LogP contribution is -2.21. The van der Waals surface area contributed by atoms with E-state index in [0.717, 1.165) is 5.56 Å². The van der Waals surface area contributed by atoms with E-state index in [9.17, 15) is 14.4 Å². The van der Waals surface area contributed by atoms with Crippen LogP contribution in [0.2, 0.25) is 0 Å². The Hall–Kier alpha value is -1.37. The van der Waals surface area contributed by atoms with E-state index in [4.69, 9.17) is 9.47 Å². The van der Waals surface area contributed by atoms with Crippen molar-refractivity contribution >= 4 is 18.9 Å². The zero-order chi connectivity index (χ0) is 15.6. The van der Waals surface area contributed by atoms with E-state index in [2.05, 4.69) is 5.32 Å². The molecule has 0 unspecified atom stereocenters. The summed E-state index contributed by atoms with van der Waals surface area (Å²) in [5.74, 6) is 0.347. The van der Waals surface area contributed by atoms with Crippen LogP contribution in [0.1, 0.15) is 16.9 Å². The first-order valence-electron chi connectivity index (χ1n) is 6.73. The fraction of sp³-hybridized carbons (Fsp3) is 0.286. The Bertz CT molecular complexity index is 685. The van der Waals surface area contributed by atoms with Crippen LogP contribution in [0, 0.1) is 0 Å². The smallest absolute Gasteiger partial charge is 0.346 e. The molecule has 0 saturated heterocycles.